The summed E-state index contributed by atoms with van der Waals surface area (Å²) in [7, 11) is -2.03. The van der Waals surface area contributed by atoms with Crippen molar-refractivity contribution in [3.63, 3.8) is 0 Å². The van der Waals surface area contributed by atoms with Crippen molar-refractivity contribution in [1.29, 1.82) is 0 Å². The van der Waals surface area contributed by atoms with Gasteiger partial charge in [0.25, 0.3) is 0 Å². The van der Waals surface area contributed by atoms with Crippen LogP contribution in [0.2, 0.25) is 0 Å². The zero-order valence-corrected chi connectivity index (χ0v) is 30.3. The molecule has 236 valence electrons. The molecule has 0 saturated heterocycles. The fourth-order valence-corrected chi connectivity index (χ4v) is 10.0. The van der Waals surface area contributed by atoms with Gasteiger partial charge in [0, 0.05) is 38.4 Å². The van der Waals surface area contributed by atoms with Crippen molar-refractivity contribution in [3.8, 4) is 11.5 Å². The number of hydrogen-bond acceptors (Lipinski definition) is 4. The summed E-state index contributed by atoms with van der Waals surface area (Å²) >= 11 is 0. The number of pyridine rings is 1. The van der Waals surface area contributed by atoms with Crippen LogP contribution in [0.25, 0.3) is 21.8 Å². The van der Waals surface area contributed by atoms with E-state index in [2.05, 4.69) is 147 Å². The van der Waals surface area contributed by atoms with Crippen LogP contribution in [0.5, 0.6) is 11.5 Å². The Morgan fingerprint density at radius 3 is 1.91 bits per heavy atom. The van der Waals surface area contributed by atoms with Crippen molar-refractivity contribution >= 4 is 49.1 Å². The summed E-state index contributed by atoms with van der Waals surface area (Å²) in [5.41, 5.74) is 6.28. The zero-order chi connectivity index (χ0) is 32.3. The SMILES string of the molecule is CC(C)P1Oc2cccc3cc4cccc(c4nc23)OP(C(C)C)c2cc(C(C)(C)C)ccc2NC2CC=C(C(C)(C)C)C=C21. The van der Waals surface area contributed by atoms with Crippen LogP contribution in [-0.4, -0.2) is 22.3 Å². The molecule has 0 fully saturated rings. The zero-order valence-electron chi connectivity index (χ0n) is 28.5. The van der Waals surface area contributed by atoms with Crippen LogP contribution < -0.4 is 19.7 Å². The first kappa shape index (κ1) is 32.0. The van der Waals surface area contributed by atoms with Crippen LogP contribution in [0.4, 0.5) is 5.69 Å². The molecule has 3 unspecified atom stereocenters. The lowest BCUT2D eigenvalue weighted by Gasteiger charge is -2.36. The summed E-state index contributed by atoms with van der Waals surface area (Å²) in [6.45, 7) is 22.9. The number of benzene rings is 3. The molecular formula is C39H48N2O2P2. The van der Waals surface area contributed by atoms with Crippen LogP contribution in [-0.2, 0) is 5.41 Å². The van der Waals surface area contributed by atoms with Gasteiger partial charge in [-0.05, 0) is 64.8 Å². The van der Waals surface area contributed by atoms with Crippen molar-refractivity contribution in [2.24, 2.45) is 5.41 Å². The van der Waals surface area contributed by atoms with E-state index in [4.69, 9.17) is 14.0 Å². The van der Waals surface area contributed by atoms with Gasteiger partial charge in [-0.15, -0.1) is 0 Å². The molecule has 6 rings (SSSR count). The minimum Gasteiger partial charge on any atom is -0.467 e. The molecule has 0 saturated carbocycles. The molecule has 3 aromatic carbocycles. The highest BCUT2D eigenvalue weighted by molar-refractivity contribution is 7.62. The second-order valence-corrected chi connectivity index (χ2v) is 19.8. The van der Waals surface area contributed by atoms with Crippen molar-refractivity contribution in [2.75, 3.05) is 5.32 Å². The first-order valence-corrected chi connectivity index (χ1v) is 19.0. The quantitative estimate of drug-likeness (QED) is 0.175. The van der Waals surface area contributed by atoms with Crippen LogP contribution in [0.3, 0.4) is 0 Å². The van der Waals surface area contributed by atoms with E-state index in [0.29, 0.717) is 11.3 Å². The van der Waals surface area contributed by atoms with Crippen LogP contribution in [0.1, 0.15) is 81.2 Å². The number of para-hydroxylation sites is 2. The van der Waals surface area contributed by atoms with Gasteiger partial charge in [-0.2, -0.15) is 0 Å². The maximum Gasteiger partial charge on any atom is 0.150 e. The van der Waals surface area contributed by atoms with Gasteiger partial charge in [0.1, 0.15) is 38.8 Å². The summed E-state index contributed by atoms with van der Waals surface area (Å²) < 4.78 is 14.3. The second kappa shape index (κ2) is 12.0. The maximum atomic E-state index is 7.15. The number of hydrogen-bond donors (Lipinski definition) is 1. The van der Waals surface area contributed by atoms with Crippen LogP contribution in [0.15, 0.2) is 83.7 Å². The Hall–Kier alpha value is -2.93. The molecular weight excluding hydrogens is 590 g/mol. The molecule has 0 spiro atoms. The third-order valence-electron chi connectivity index (χ3n) is 8.71. The van der Waals surface area contributed by atoms with Gasteiger partial charge in [-0.3, -0.25) is 0 Å². The molecule has 2 aliphatic rings. The first-order chi connectivity index (χ1) is 21.2. The molecule has 1 aliphatic heterocycles. The lowest BCUT2D eigenvalue weighted by atomic mass is 9.82. The number of nitrogens with one attached hydrogen (secondary N) is 1. The molecule has 1 aromatic heterocycles. The first-order valence-electron chi connectivity index (χ1n) is 16.3. The predicted octanol–water partition coefficient (Wildman–Crippen LogP) is 11.4. The maximum absolute atomic E-state index is 7.15. The number of fused-ring (bicyclic) bond motifs is 2. The van der Waals surface area contributed by atoms with Crippen LogP contribution >= 0.6 is 16.3 Å². The monoisotopic (exact) mass is 638 g/mol. The van der Waals surface area contributed by atoms with E-state index in [-0.39, 0.29) is 16.9 Å². The summed E-state index contributed by atoms with van der Waals surface area (Å²) in [4.78, 5) is 5.31. The minimum absolute atomic E-state index is 0.0163. The third-order valence-corrected chi connectivity index (χ3v) is 13.2. The molecule has 1 N–H and O–H groups in total. The standard InChI is InChI=1S/C39H48N2O2P2/c1-24(2)44-34-22-28(38(5,6)7)17-19-30(34)40-31-20-18-29(39(8,9)10)23-35(31)45(25(3)4)43-33-16-12-14-27-21-26-13-11-15-32(42-44)36(26)41-37(27)33/h11-19,21-25,31,40H,20H2,1-10H3. The van der Waals surface area contributed by atoms with Crippen molar-refractivity contribution in [3.05, 3.63) is 89.3 Å². The molecule has 0 radical (unpaired) electrons. The Balaban J connectivity index is 1.65. The van der Waals surface area contributed by atoms with Crippen molar-refractivity contribution in [2.45, 2.75) is 98.4 Å². The molecule has 45 heavy (non-hydrogen) atoms. The smallest absolute Gasteiger partial charge is 0.150 e. The van der Waals surface area contributed by atoms with Gasteiger partial charge < -0.3 is 14.4 Å². The molecule has 2 bridgehead atoms. The average Bonchev–Trinajstić information content (AvgIpc) is 2.96. The fraction of sp³-hybridized carbons (Fsp3) is 0.410. The Bertz CT molecular complexity index is 1810. The molecule has 0 amide bonds. The highest BCUT2D eigenvalue weighted by Gasteiger charge is 2.34. The van der Waals surface area contributed by atoms with E-state index in [9.17, 15) is 0 Å². The number of nitrogens with zero attached hydrogens (tertiary/aromatic N) is 1. The molecule has 6 heteroatoms. The summed E-state index contributed by atoms with van der Waals surface area (Å²) in [6, 6.07) is 21.9. The van der Waals surface area contributed by atoms with E-state index >= 15 is 0 Å². The van der Waals surface area contributed by atoms with Gasteiger partial charge in [-0.1, -0.05) is 106 Å². The summed E-state index contributed by atoms with van der Waals surface area (Å²) in [5.74, 6) is 1.67. The second-order valence-electron chi connectivity index (χ2n) is 15.1. The van der Waals surface area contributed by atoms with E-state index in [0.717, 1.165) is 45.4 Å². The number of allylic oxidation sites excluding steroid dienone is 2. The van der Waals surface area contributed by atoms with Crippen molar-refractivity contribution < 1.29 is 9.05 Å². The average molecular weight is 639 g/mol. The minimum atomic E-state index is -1.04. The van der Waals surface area contributed by atoms with E-state index in [1.807, 2.05) is 0 Å². The summed E-state index contributed by atoms with van der Waals surface area (Å²) in [5, 5.41) is 8.83. The Morgan fingerprint density at radius 2 is 1.36 bits per heavy atom. The predicted molar refractivity (Wildman–Crippen MR) is 197 cm³/mol. The van der Waals surface area contributed by atoms with Gasteiger partial charge in [0.05, 0.1) is 6.04 Å². The Kier molecular flexibility index (Phi) is 8.55. The highest BCUT2D eigenvalue weighted by atomic mass is 31.1. The highest BCUT2D eigenvalue weighted by Crippen LogP contribution is 2.56. The van der Waals surface area contributed by atoms with E-state index < -0.39 is 16.3 Å². The molecule has 1 aliphatic carbocycles. The molecule has 3 atom stereocenters. The normalized spacial score (nSPS) is 20.7. The number of aromatic nitrogens is 1. The lowest BCUT2D eigenvalue weighted by molar-refractivity contribution is 0.509. The molecule has 2 heterocycles. The van der Waals surface area contributed by atoms with Gasteiger partial charge in [-0.25, -0.2) is 4.98 Å². The lowest BCUT2D eigenvalue weighted by Crippen LogP contribution is -2.30. The topological polar surface area (TPSA) is 43.4 Å². The van der Waals surface area contributed by atoms with Crippen molar-refractivity contribution in [1.82, 2.24) is 4.98 Å². The Labute approximate surface area is 272 Å². The Morgan fingerprint density at radius 1 is 0.756 bits per heavy atom. The van der Waals surface area contributed by atoms with E-state index in [1.165, 1.54) is 21.8 Å². The third kappa shape index (κ3) is 6.39. The van der Waals surface area contributed by atoms with Gasteiger partial charge in [0.2, 0.25) is 0 Å². The largest absolute Gasteiger partial charge is 0.467 e. The van der Waals surface area contributed by atoms with Gasteiger partial charge in [0.15, 0.2) is 0 Å². The number of rotatable bonds is 2. The molecule has 4 nitrogen and oxygen atoms in total. The fourth-order valence-electron chi connectivity index (χ4n) is 6.13. The molecule has 4 aromatic rings. The summed E-state index contributed by atoms with van der Waals surface area (Å²) in [6.07, 6.45) is 5.77. The number of anilines is 1. The van der Waals surface area contributed by atoms with Gasteiger partial charge >= 0.3 is 0 Å². The van der Waals surface area contributed by atoms with E-state index in [1.54, 1.807) is 0 Å². The van der Waals surface area contributed by atoms with Crippen LogP contribution in [0, 0.1) is 5.41 Å².